The Morgan fingerprint density at radius 2 is 2.17 bits per heavy atom. The summed E-state index contributed by atoms with van der Waals surface area (Å²) in [5.74, 6) is 2.52. The van der Waals surface area contributed by atoms with E-state index in [1.54, 1.807) is 6.07 Å². The largest absolute Gasteiger partial charge is 0.294 e. The second-order valence-corrected chi connectivity index (χ2v) is 7.01. The van der Waals surface area contributed by atoms with Crippen molar-refractivity contribution in [3.63, 3.8) is 0 Å². The molecule has 18 heavy (non-hydrogen) atoms. The lowest BCUT2D eigenvalue weighted by Gasteiger charge is -2.20. The van der Waals surface area contributed by atoms with Crippen molar-refractivity contribution in [1.82, 2.24) is 0 Å². The molecule has 96 valence electrons. The van der Waals surface area contributed by atoms with Gasteiger partial charge in [-0.15, -0.1) is 0 Å². The molecule has 2 fully saturated rings. The van der Waals surface area contributed by atoms with Gasteiger partial charge >= 0.3 is 0 Å². The van der Waals surface area contributed by atoms with Gasteiger partial charge in [0.05, 0.1) is 5.02 Å². The molecule has 0 heterocycles. The fourth-order valence-electron chi connectivity index (χ4n) is 3.69. The van der Waals surface area contributed by atoms with Gasteiger partial charge in [0.1, 0.15) is 0 Å². The number of hydrogen-bond acceptors (Lipinski definition) is 1. The molecule has 2 aliphatic rings. The van der Waals surface area contributed by atoms with Crippen LogP contribution in [0.4, 0.5) is 0 Å². The lowest BCUT2D eigenvalue weighted by atomic mass is 9.84. The van der Waals surface area contributed by atoms with Crippen LogP contribution in [0.3, 0.4) is 0 Å². The van der Waals surface area contributed by atoms with Crippen LogP contribution >= 0.6 is 27.5 Å². The number of halogens is 2. The fourth-order valence-corrected chi connectivity index (χ4v) is 4.47. The molecule has 3 atom stereocenters. The third-order valence-electron chi connectivity index (χ3n) is 4.56. The molecule has 0 spiro atoms. The van der Waals surface area contributed by atoms with Crippen LogP contribution < -0.4 is 0 Å². The molecule has 2 aliphatic carbocycles. The van der Waals surface area contributed by atoms with Crippen LogP contribution in [-0.4, -0.2) is 5.78 Å². The third kappa shape index (κ3) is 2.37. The number of benzene rings is 1. The fraction of sp³-hybridized carbons (Fsp3) is 0.533. The van der Waals surface area contributed by atoms with E-state index in [9.17, 15) is 4.79 Å². The molecule has 0 N–H and O–H groups in total. The Bertz CT molecular complexity index is 485. The number of hydrogen-bond donors (Lipinski definition) is 0. The smallest absolute Gasteiger partial charge is 0.164 e. The monoisotopic (exact) mass is 326 g/mol. The van der Waals surface area contributed by atoms with Crippen molar-refractivity contribution in [1.29, 1.82) is 0 Å². The summed E-state index contributed by atoms with van der Waals surface area (Å²) in [6, 6.07) is 5.53. The van der Waals surface area contributed by atoms with Crippen molar-refractivity contribution in [2.24, 2.45) is 17.8 Å². The second kappa shape index (κ2) is 4.97. The predicted octanol–water partition coefficient (Wildman–Crippen LogP) is 5.11. The maximum atomic E-state index is 12.3. The van der Waals surface area contributed by atoms with Crippen LogP contribution in [0.5, 0.6) is 0 Å². The summed E-state index contributed by atoms with van der Waals surface area (Å²) in [5, 5.41) is 0.567. The first-order valence-electron chi connectivity index (χ1n) is 6.61. The molecule has 1 aromatic carbocycles. The number of ketones is 1. The quantitative estimate of drug-likeness (QED) is 0.705. The van der Waals surface area contributed by atoms with Gasteiger partial charge in [0.25, 0.3) is 0 Å². The summed E-state index contributed by atoms with van der Waals surface area (Å²) in [6.45, 7) is 0. The number of carbonyl (C=O) groups excluding carboxylic acids is 1. The average molecular weight is 328 g/mol. The SMILES string of the molecule is O=C(CC1CC2CCC1C2)c1ccc(Br)cc1Cl. The standard InChI is InChI=1S/C15H16BrClO/c16-12-3-4-13(14(17)8-12)15(18)7-11-6-9-1-2-10(11)5-9/h3-4,8-11H,1-2,5-7H2. The van der Waals surface area contributed by atoms with Gasteiger partial charge in [0, 0.05) is 16.5 Å². The van der Waals surface area contributed by atoms with Gasteiger partial charge < -0.3 is 0 Å². The molecular weight excluding hydrogens is 312 g/mol. The van der Waals surface area contributed by atoms with Crippen molar-refractivity contribution >= 4 is 33.3 Å². The van der Waals surface area contributed by atoms with Crippen LogP contribution in [0.1, 0.15) is 42.5 Å². The highest BCUT2D eigenvalue weighted by Gasteiger charge is 2.40. The van der Waals surface area contributed by atoms with E-state index in [2.05, 4.69) is 15.9 Å². The molecule has 3 heteroatoms. The Morgan fingerprint density at radius 3 is 2.78 bits per heavy atom. The minimum absolute atomic E-state index is 0.213. The van der Waals surface area contributed by atoms with Crippen LogP contribution in [-0.2, 0) is 0 Å². The molecule has 3 unspecified atom stereocenters. The highest BCUT2D eigenvalue weighted by molar-refractivity contribution is 9.10. The van der Waals surface area contributed by atoms with Crippen molar-refractivity contribution in [2.75, 3.05) is 0 Å². The first kappa shape index (κ1) is 12.7. The molecule has 0 saturated heterocycles. The van der Waals surface area contributed by atoms with Crippen LogP contribution in [0.15, 0.2) is 22.7 Å². The summed E-state index contributed by atoms with van der Waals surface area (Å²) in [6.07, 6.45) is 6.00. The van der Waals surface area contributed by atoms with Gasteiger partial charge in [-0.3, -0.25) is 4.79 Å². The van der Waals surface area contributed by atoms with Gasteiger partial charge in [-0.1, -0.05) is 34.0 Å². The minimum Gasteiger partial charge on any atom is -0.294 e. The lowest BCUT2D eigenvalue weighted by molar-refractivity contribution is 0.0944. The van der Waals surface area contributed by atoms with Crippen molar-refractivity contribution in [3.8, 4) is 0 Å². The van der Waals surface area contributed by atoms with Crippen molar-refractivity contribution in [3.05, 3.63) is 33.3 Å². The Balaban J connectivity index is 1.71. The van der Waals surface area contributed by atoms with Crippen LogP contribution in [0.25, 0.3) is 0 Å². The maximum absolute atomic E-state index is 12.3. The van der Waals surface area contributed by atoms with Gasteiger partial charge in [0.2, 0.25) is 0 Å². The van der Waals surface area contributed by atoms with Crippen molar-refractivity contribution in [2.45, 2.75) is 32.1 Å². The normalized spacial score (nSPS) is 29.8. The van der Waals surface area contributed by atoms with Gasteiger partial charge in [-0.25, -0.2) is 0 Å². The highest BCUT2D eigenvalue weighted by atomic mass is 79.9. The van der Waals surface area contributed by atoms with E-state index in [0.717, 1.165) is 16.3 Å². The van der Waals surface area contributed by atoms with Crippen LogP contribution in [0, 0.1) is 17.8 Å². The number of carbonyl (C=O) groups is 1. The Morgan fingerprint density at radius 1 is 1.33 bits per heavy atom. The van der Waals surface area contributed by atoms with Crippen molar-refractivity contribution < 1.29 is 4.79 Å². The van der Waals surface area contributed by atoms with E-state index in [1.165, 1.54) is 25.7 Å². The van der Waals surface area contributed by atoms with E-state index in [-0.39, 0.29) is 5.78 Å². The molecule has 0 aromatic heterocycles. The zero-order valence-corrected chi connectivity index (χ0v) is 12.5. The van der Waals surface area contributed by atoms with E-state index < -0.39 is 0 Å². The summed E-state index contributed by atoms with van der Waals surface area (Å²) in [5.41, 5.74) is 0.683. The molecule has 3 rings (SSSR count). The summed E-state index contributed by atoms with van der Waals surface area (Å²) in [7, 11) is 0. The first-order chi connectivity index (χ1) is 8.63. The minimum atomic E-state index is 0.213. The molecule has 0 aliphatic heterocycles. The van der Waals surface area contributed by atoms with E-state index in [4.69, 9.17) is 11.6 Å². The zero-order chi connectivity index (χ0) is 12.7. The Kier molecular flexibility index (Phi) is 3.50. The molecular formula is C15H16BrClO. The third-order valence-corrected chi connectivity index (χ3v) is 5.37. The number of fused-ring (bicyclic) bond motifs is 2. The van der Waals surface area contributed by atoms with E-state index in [0.29, 0.717) is 22.9 Å². The Hall–Kier alpha value is -0.340. The Labute approximate surface area is 121 Å². The molecule has 1 nitrogen and oxygen atoms in total. The van der Waals surface area contributed by atoms with E-state index >= 15 is 0 Å². The first-order valence-corrected chi connectivity index (χ1v) is 7.79. The summed E-state index contributed by atoms with van der Waals surface area (Å²) in [4.78, 5) is 12.3. The second-order valence-electron chi connectivity index (χ2n) is 5.69. The topological polar surface area (TPSA) is 17.1 Å². The predicted molar refractivity (Wildman–Crippen MR) is 77.0 cm³/mol. The summed E-state index contributed by atoms with van der Waals surface area (Å²) < 4.78 is 0.920. The molecule has 1 aromatic rings. The zero-order valence-electron chi connectivity index (χ0n) is 10.2. The lowest BCUT2D eigenvalue weighted by Crippen LogP contribution is -2.15. The van der Waals surface area contributed by atoms with Gasteiger partial charge in [-0.05, 0) is 55.2 Å². The molecule has 2 bridgehead atoms. The number of Topliss-reactive ketones (excluding diaryl/α,β-unsaturated/α-hetero) is 1. The average Bonchev–Trinajstić information content (AvgIpc) is 2.90. The summed E-state index contributed by atoms with van der Waals surface area (Å²) >= 11 is 9.50. The maximum Gasteiger partial charge on any atom is 0.164 e. The highest BCUT2D eigenvalue weighted by Crippen LogP contribution is 2.49. The van der Waals surface area contributed by atoms with Crippen LogP contribution in [0.2, 0.25) is 5.02 Å². The molecule has 2 saturated carbocycles. The number of rotatable bonds is 3. The molecule has 0 amide bonds. The molecule has 0 radical (unpaired) electrons. The van der Waals surface area contributed by atoms with Gasteiger partial charge in [0.15, 0.2) is 5.78 Å². The van der Waals surface area contributed by atoms with E-state index in [1.807, 2.05) is 12.1 Å². The van der Waals surface area contributed by atoms with Gasteiger partial charge in [-0.2, -0.15) is 0 Å².